The van der Waals surface area contributed by atoms with Gasteiger partial charge in [-0.05, 0) is 18.9 Å². The molecule has 1 rings (SSSR count). The van der Waals surface area contributed by atoms with E-state index < -0.39 is 5.97 Å². The van der Waals surface area contributed by atoms with Crippen molar-refractivity contribution in [2.24, 2.45) is 0 Å². The molecule has 1 saturated heterocycles. The van der Waals surface area contributed by atoms with Crippen molar-refractivity contribution in [1.29, 1.82) is 0 Å². The minimum Gasteiger partial charge on any atom is -0.478 e. The summed E-state index contributed by atoms with van der Waals surface area (Å²) >= 11 is 0. The topological polar surface area (TPSA) is 60.9 Å². The molecule has 1 N–H and O–H groups in total. The van der Waals surface area contributed by atoms with Crippen LogP contribution in [0.2, 0.25) is 0 Å². The number of urea groups is 1. The number of rotatable bonds is 3. The Kier molecular flexibility index (Phi) is 3.71. The van der Waals surface area contributed by atoms with Crippen molar-refractivity contribution in [2.75, 3.05) is 26.7 Å². The highest BCUT2D eigenvalue weighted by Gasteiger charge is 2.22. The van der Waals surface area contributed by atoms with E-state index in [4.69, 9.17) is 5.11 Å². The summed E-state index contributed by atoms with van der Waals surface area (Å²) in [5.41, 5.74) is 0.686. The molecular formula is C10H16N2O3. The van der Waals surface area contributed by atoms with E-state index >= 15 is 0 Å². The van der Waals surface area contributed by atoms with Crippen molar-refractivity contribution in [3.63, 3.8) is 0 Å². The highest BCUT2D eigenvalue weighted by Crippen LogP contribution is 2.09. The largest absolute Gasteiger partial charge is 0.478 e. The second-order valence-electron chi connectivity index (χ2n) is 3.81. The lowest BCUT2D eigenvalue weighted by atomic mass is 10.2. The quantitative estimate of drug-likeness (QED) is 0.703. The monoisotopic (exact) mass is 212 g/mol. The van der Waals surface area contributed by atoms with Gasteiger partial charge in [0.1, 0.15) is 0 Å². The molecule has 1 fully saturated rings. The van der Waals surface area contributed by atoms with Crippen LogP contribution in [0.4, 0.5) is 4.79 Å². The summed E-state index contributed by atoms with van der Waals surface area (Å²) in [6.45, 7) is 3.59. The second-order valence-corrected chi connectivity index (χ2v) is 3.81. The maximum Gasteiger partial charge on any atom is 0.328 e. The van der Waals surface area contributed by atoms with E-state index in [0.717, 1.165) is 19.0 Å². The Balaban J connectivity index is 2.57. The molecule has 0 saturated carbocycles. The summed E-state index contributed by atoms with van der Waals surface area (Å²) in [6.07, 6.45) is 2.07. The highest BCUT2D eigenvalue weighted by molar-refractivity contribution is 5.81. The number of hydrogen-bond acceptors (Lipinski definition) is 2. The Hall–Kier alpha value is -1.52. The van der Waals surface area contributed by atoms with Gasteiger partial charge in [-0.2, -0.15) is 0 Å². The first kappa shape index (κ1) is 11.6. The SMILES string of the molecule is C/C(=C\C(=O)O)CN1CCCN(C)C1=O. The van der Waals surface area contributed by atoms with E-state index in [9.17, 15) is 9.59 Å². The van der Waals surface area contributed by atoms with E-state index in [-0.39, 0.29) is 6.03 Å². The second kappa shape index (κ2) is 4.82. The molecule has 0 aromatic heterocycles. The Morgan fingerprint density at radius 3 is 2.80 bits per heavy atom. The molecule has 1 aliphatic heterocycles. The van der Waals surface area contributed by atoms with Gasteiger partial charge in [0.15, 0.2) is 0 Å². The van der Waals surface area contributed by atoms with E-state index in [1.165, 1.54) is 0 Å². The molecule has 0 aromatic carbocycles. The van der Waals surface area contributed by atoms with Crippen LogP contribution in [0.25, 0.3) is 0 Å². The first-order chi connectivity index (χ1) is 7.00. The Bertz CT molecular complexity index is 299. The van der Waals surface area contributed by atoms with E-state index in [2.05, 4.69) is 0 Å². The van der Waals surface area contributed by atoms with Crippen LogP contribution in [0.5, 0.6) is 0 Å². The minimum atomic E-state index is -0.967. The van der Waals surface area contributed by atoms with E-state index in [1.807, 2.05) is 0 Å². The van der Waals surface area contributed by atoms with Crippen LogP contribution in [0, 0.1) is 0 Å². The van der Waals surface area contributed by atoms with Crippen LogP contribution < -0.4 is 0 Å². The number of carbonyl (C=O) groups excluding carboxylic acids is 1. The van der Waals surface area contributed by atoms with Gasteiger partial charge in [0.25, 0.3) is 0 Å². The first-order valence-electron chi connectivity index (χ1n) is 4.91. The van der Waals surface area contributed by atoms with Crippen molar-refractivity contribution in [1.82, 2.24) is 9.80 Å². The van der Waals surface area contributed by atoms with Crippen molar-refractivity contribution >= 4 is 12.0 Å². The molecular weight excluding hydrogens is 196 g/mol. The van der Waals surface area contributed by atoms with Crippen molar-refractivity contribution in [2.45, 2.75) is 13.3 Å². The number of carbonyl (C=O) groups is 2. The zero-order chi connectivity index (χ0) is 11.4. The summed E-state index contributed by atoms with van der Waals surface area (Å²) in [5, 5.41) is 8.54. The molecule has 5 nitrogen and oxygen atoms in total. The van der Waals surface area contributed by atoms with Crippen molar-refractivity contribution in [3.05, 3.63) is 11.6 Å². The number of amides is 2. The predicted molar refractivity (Wildman–Crippen MR) is 55.6 cm³/mol. The fourth-order valence-corrected chi connectivity index (χ4v) is 1.64. The van der Waals surface area contributed by atoms with Gasteiger partial charge in [-0.15, -0.1) is 0 Å². The highest BCUT2D eigenvalue weighted by atomic mass is 16.4. The number of nitrogens with zero attached hydrogens (tertiary/aromatic N) is 2. The molecule has 0 spiro atoms. The molecule has 2 amide bonds. The fourth-order valence-electron chi connectivity index (χ4n) is 1.64. The third-order valence-corrected chi connectivity index (χ3v) is 2.33. The lowest BCUT2D eigenvalue weighted by Crippen LogP contribution is -2.47. The van der Waals surface area contributed by atoms with Crippen molar-refractivity contribution in [3.8, 4) is 0 Å². The molecule has 0 aliphatic carbocycles. The average molecular weight is 212 g/mol. The van der Waals surface area contributed by atoms with Crippen molar-refractivity contribution < 1.29 is 14.7 Å². The minimum absolute atomic E-state index is 0.0283. The zero-order valence-electron chi connectivity index (χ0n) is 9.06. The number of carboxylic acid groups (broad SMARTS) is 1. The summed E-state index contributed by atoms with van der Waals surface area (Å²) in [5.74, 6) is -0.967. The molecule has 0 unspecified atom stereocenters. The zero-order valence-corrected chi connectivity index (χ0v) is 9.06. The van der Waals surface area contributed by atoms with Crippen LogP contribution in [0.1, 0.15) is 13.3 Å². The van der Waals surface area contributed by atoms with E-state index in [0.29, 0.717) is 18.7 Å². The third-order valence-electron chi connectivity index (χ3n) is 2.33. The van der Waals surface area contributed by atoms with Gasteiger partial charge in [-0.1, -0.05) is 0 Å². The standard InChI is InChI=1S/C10H16N2O3/c1-8(6-9(13)14)7-12-5-3-4-11(2)10(12)15/h6H,3-5,7H2,1-2H3,(H,13,14)/b8-6+. The summed E-state index contributed by atoms with van der Waals surface area (Å²) in [6, 6.07) is -0.0283. The average Bonchev–Trinajstić information content (AvgIpc) is 2.11. The molecule has 1 aliphatic rings. The van der Waals surface area contributed by atoms with Gasteiger partial charge in [-0.25, -0.2) is 9.59 Å². The van der Waals surface area contributed by atoms with Crippen LogP contribution >= 0.6 is 0 Å². The summed E-state index contributed by atoms with van der Waals surface area (Å²) < 4.78 is 0. The fraction of sp³-hybridized carbons (Fsp3) is 0.600. The number of carboxylic acids is 1. The van der Waals surface area contributed by atoms with Gasteiger partial charge in [0.05, 0.1) is 0 Å². The maximum absolute atomic E-state index is 11.6. The molecule has 5 heteroatoms. The molecule has 84 valence electrons. The van der Waals surface area contributed by atoms with Crippen LogP contribution in [-0.2, 0) is 4.79 Å². The normalized spacial score (nSPS) is 18.3. The van der Waals surface area contributed by atoms with Gasteiger partial charge >= 0.3 is 12.0 Å². The molecule has 0 bridgehead atoms. The van der Waals surface area contributed by atoms with Crippen LogP contribution in [0.15, 0.2) is 11.6 Å². The van der Waals surface area contributed by atoms with Gasteiger partial charge in [-0.3, -0.25) is 0 Å². The van der Waals surface area contributed by atoms with Gasteiger partial charge < -0.3 is 14.9 Å². The summed E-state index contributed by atoms with van der Waals surface area (Å²) in [7, 11) is 1.75. The molecule has 1 heterocycles. The smallest absolute Gasteiger partial charge is 0.328 e. The van der Waals surface area contributed by atoms with E-state index in [1.54, 1.807) is 23.8 Å². The Labute approximate surface area is 89.0 Å². The molecule has 15 heavy (non-hydrogen) atoms. The molecule has 0 radical (unpaired) electrons. The molecule has 0 aromatic rings. The Morgan fingerprint density at radius 2 is 2.20 bits per heavy atom. The Morgan fingerprint density at radius 1 is 1.53 bits per heavy atom. The number of aliphatic carboxylic acids is 1. The lowest BCUT2D eigenvalue weighted by Gasteiger charge is -2.33. The number of hydrogen-bond donors (Lipinski definition) is 1. The van der Waals surface area contributed by atoms with Crippen LogP contribution in [0.3, 0.4) is 0 Å². The maximum atomic E-state index is 11.6. The van der Waals surface area contributed by atoms with Gasteiger partial charge in [0, 0.05) is 32.8 Å². The molecule has 0 atom stereocenters. The third kappa shape index (κ3) is 3.27. The summed E-state index contributed by atoms with van der Waals surface area (Å²) in [4.78, 5) is 25.3. The van der Waals surface area contributed by atoms with Gasteiger partial charge in [0.2, 0.25) is 0 Å². The predicted octanol–water partition coefficient (Wildman–Crippen LogP) is 0.775. The lowest BCUT2D eigenvalue weighted by molar-refractivity contribution is -0.131. The first-order valence-corrected chi connectivity index (χ1v) is 4.91. The van der Waals surface area contributed by atoms with Crippen LogP contribution in [-0.4, -0.2) is 53.6 Å².